The number of pyridine rings is 1. The zero-order valence-electron chi connectivity index (χ0n) is 17.0. The molecule has 2 heterocycles. The van der Waals surface area contributed by atoms with Gasteiger partial charge in [0.05, 0.1) is 0 Å². The van der Waals surface area contributed by atoms with E-state index in [4.69, 9.17) is 0 Å². The zero-order valence-corrected chi connectivity index (χ0v) is 17.0. The van der Waals surface area contributed by atoms with E-state index in [9.17, 15) is 4.79 Å². The maximum absolute atomic E-state index is 12.6. The summed E-state index contributed by atoms with van der Waals surface area (Å²) in [5.41, 5.74) is 4.19. The van der Waals surface area contributed by atoms with Gasteiger partial charge >= 0.3 is 0 Å². The van der Waals surface area contributed by atoms with Gasteiger partial charge in [-0.1, -0.05) is 11.6 Å². The van der Waals surface area contributed by atoms with Gasteiger partial charge in [-0.05, 0) is 81.3 Å². The molecule has 1 aromatic carbocycles. The molecular formula is C24H30N4O. The van der Waals surface area contributed by atoms with Crippen LogP contribution in [0.1, 0.15) is 55.3 Å². The van der Waals surface area contributed by atoms with Crippen LogP contribution in [0, 0.1) is 0 Å². The summed E-state index contributed by atoms with van der Waals surface area (Å²) in [4.78, 5) is 19.4. The molecule has 0 unspecified atom stereocenters. The second-order valence-electron chi connectivity index (χ2n) is 7.91. The molecule has 1 aromatic heterocycles. The normalized spacial score (nSPS) is 16.4. The number of carbonyl (C=O) groups excluding carboxylic acids is 1. The minimum Gasteiger partial charge on any atom is -0.372 e. The number of amides is 1. The lowest BCUT2D eigenvalue weighted by atomic mass is 9.97. The molecule has 2 aliphatic rings. The van der Waals surface area contributed by atoms with E-state index in [-0.39, 0.29) is 5.91 Å². The number of anilines is 3. The second kappa shape index (κ2) is 9.59. The molecule has 4 rings (SSSR count). The van der Waals surface area contributed by atoms with Gasteiger partial charge in [-0.3, -0.25) is 4.79 Å². The Morgan fingerprint density at radius 2 is 1.86 bits per heavy atom. The van der Waals surface area contributed by atoms with Crippen LogP contribution in [0.4, 0.5) is 17.2 Å². The summed E-state index contributed by atoms with van der Waals surface area (Å²) in [7, 11) is 0. The lowest BCUT2D eigenvalue weighted by Gasteiger charge is -2.17. The van der Waals surface area contributed by atoms with Gasteiger partial charge in [-0.15, -0.1) is 0 Å². The number of rotatable bonds is 7. The third-order valence-electron chi connectivity index (χ3n) is 5.76. The summed E-state index contributed by atoms with van der Waals surface area (Å²) in [6.45, 7) is 3.09. The summed E-state index contributed by atoms with van der Waals surface area (Å²) in [5, 5.41) is 6.34. The van der Waals surface area contributed by atoms with Gasteiger partial charge in [0.25, 0.3) is 5.91 Å². The fraction of sp³-hybridized carbons (Fsp3) is 0.417. The molecule has 0 atom stereocenters. The van der Waals surface area contributed by atoms with E-state index >= 15 is 0 Å². The third-order valence-corrected chi connectivity index (χ3v) is 5.76. The molecule has 1 amide bonds. The summed E-state index contributed by atoms with van der Waals surface area (Å²) in [6.07, 6.45) is 12.7. The smallest absolute Gasteiger partial charge is 0.255 e. The molecule has 1 saturated heterocycles. The van der Waals surface area contributed by atoms with Crippen molar-refractivity contribution in [1.82, 2.24) is 4.98 Å². The summed E-state index contributed by atoms with van der Waals surface area (Å²) in [5.74, 6) is 0.637. The Morgan fingerprint density at radius 1 is 1.03 bits per heavy atom. The number of carbonyl (C=O) groups is 1. The van der Waals surface area contributed by atoms with Crippen LogP contribution in [0.25, 0.3) is 0 Å². The van der Waals surface area contributed by atoms with Crippen molar-refractivity contribution in [1.29, 1.82) is 0 Å². The van der Waals surface area contributed by atoms with E-state index in [1.807, 2.05) is 18.2 Å². The molecule has 1 aliphatic carbocycles. The van der Waals surface area contributed by atoms with Crippen molar-refractivity contribution in [3.63, 3.8) is 0 Å². The van der Waals surface area contributed by atoms with Crippen LogP contribution in [0.2, 0.25) is 0 Å². The van der Waals surface area contributed by atoms with Crippen molar-refractivity contribution in [3.8, 4) is 0 Å². The first-order valence-corrected chi connectivity index (χ1v) is 10.8. The topological polar surface area (TPSA) is 57.3 Å². The lowest BCUT2D eigenvalue weighted by molar-refractivity contribution is 0.102. The molecule has 29 heavy (non-hydrogen) atoms. The molecule has 152 valence electrons. The van der Waals surface area contributed by atoms with Gasteiger partial charge in [0.1, 0.15) is 5.82 Å². The van der Waals surface area contributed by atoms with Gasteiger partial charge in [0.2, 0.25) is 0 Å². The Balaban J connectivity index is 1.31. The van der Waals surface area contributed by atoms with Crippen LogP contribution in [0.5, 0.6) is 0 Å². The molecule has 2 N–H and O–H groups in total. The number of benzene rings is 1. The first kappa shape index (κ1) is 19.5. The molecule has 1 aliphatic heterocycles. The zero-order chi connectivity index (χ0) is 19.9. The fourth-order valence-corrected chi connectivity index (χ4v) is 4.09. The van der Waals surface area contributed by atoms with E-state index in [1.165, 1.54) is 49.8 Å². The third kappa shape index (κ3) is 5.37. The van der Waals surface area contributed by atoms with Gasteiger partial charge in [0, 0.05) is 42.8 Å². The van der Waals surface area contributed by atoms with Crippen LogP contribution >= 0.6 is 0 Å². The molecule has 2 aromatic rings. The highest BCUT2D eigenvalue weighted by Gasteiger charge is 2.13. The van der Waals surface area contributed by atoms with E-state index in [2.05, 4.69) is 38.7 Å². The predicted molar refractivity (Wildman–Crippen MR) is 120 cm³/mol. The van der Waals surface area contributed by atoms with Gasteiger partial charge in [0.15, 0.2) is 0 Å². The Bertz CT molecular complexity index is 853. The highest BCUT2D eigenvalue weighted by Crippen LogP contribution is 2.23. The van der Waals surface area contributed by atoms with Crippen molar-refractivity contribution in [2.24, 2.45) is 0 Å². The predicted octanol–water partition coefficient (Wildman–Crippen LogP) is 5.24. The molecule has 0 saturated carbocycles. The summed E-state index contributed by atoms with van der Waals surface area (Å²) >= 11 is 0. The van der Waals surface area contributed by atoms with Crippen LogP contribution in [-0.4, -0.2) is 30.5 Å². The fourth-order valence-electron chi connectivity index (χ4n) is 4.09. The largest absolute Gasteiger partial charge is 0.372 e. The number of allylic oxidation sites excluding steroid dienone is 1. The highest BCUT2D eigenvalue weighted by atomic mass is 16.1. The van der Waals surface area contributed by atoms with Crippen molar-refractivity contribution >= 4 is 23.1 Å². The van der Waals surface area contributed by atoms with E-state index in [0.29, 0.717) is 5.56 Å². The van der Waals surface area contributed by atoms with E-state index in [1.54, 1.807) is 12.3 Å². The minimum absolute atomic E-state index is 0.112. The lowest BCUT2D eigenvalue weighted by Crippen LogP contribution is -2.17. The van der Waals surface area contributed by atoms with Crippen LogP contribution < -0.4 is 15.5 Å². The van der Waals surface area contributed by atoms with E-state index in [0.717, 1.165) is 37.6 Å². The second-order valence-corrected chi connectivity index (χ2v) is 7.91. The molecule has 5 heteroatoms. The first-order valence-electron chi connectivity index (χ1n) is 10.8. The molecule has 5 nitrogen and oxygen atoms in total. The molecule has 0 spiro atoms. The van der Waals surface area contributed by atoms with Crippen LogP contribution in [0.3, 0.4) is 0 Å². The van der Waals surface area contributed by atoms with Crippen molar-refractivity contribution in [2.75, 3.05) is 35.2 Å². The summed E-state index contributed by atoms with van der Waals surface area (Å²) < 4.78 is 0. The maximum atomic E-state index is 12.6. The quantitative estimate of drug-likeness (QED) is 0.635. The van der Waals surface area contributed by atoms with Gasteiger partial charge < -0.3 is 15.5 Å². The monoisotopic (exact) mass is 390 g/mol. The first-order chi connectivity index (χ1) is 14.3. The summed E-state index contributed by atoms with van der Waals surface area (Å²) in [6, 6.07) is 11.7. The SMILES string of the molecule is O=C(Nc1ccc(N2CCCC2)cc1)c1ccnc(NCCC2=CCCCC2)c1. The minimum atomic E-state index is -0.112. The van der Waals surface area contributed by atoms with Gasteiger partial charge in [-0.25, -0.2) is 4.98 Å². The number of nitrogens with one attached hydrogen (secondary N) is 2. The van der Waals surface area contributed by atoms with Gasteiger partial charge in [-0.2, -0.15) is 0 Å². The average molecular weight is 391 g/mol. The Kier molecular flexibility index (Phi) is 6.45. The Morgan fingerprint density at radius 3 is 2.62 bits per heavy atom. The molecule has 0 bridgehead atoms. The standard InChI is InChI=1S/C24H30N4O/c29-24(27-21-8-10-22(11-9-21)28-16-4-5-17-28)20-13-15-26-23(18-20)25-14-12-19-6-2-1-3-7-19/h6,8-11,13,15,18H,1-5,7,12,14,16-17H2,(H,25,26)(H,27,29). The number of hydrogen-bond acceptors (Lipinski definition) is 4. The molecule has 1 fully saturated rings. The van der Waals surface area contributed by atoms with Crippen LogP contribution in [0.15, 0.2) is 54.2 Å². The average Bonchev–Trinajstić information content (AvgIpc) is 3.30. The maximum Gasteiger partial charge on any atom is 0.255 e. The Hall–Kier alpha value is -2.82. The Labute approximate surface area is 173 Å². The van der Waals surface area contributed by atoms with Crippen molar-refractivity contribution < 1.29 is 4.79 Å². The molecular weight excluding hydrogens is 360 g/mol. The molecule has 0 radical (unpaired) electrons. The highest BCUT2D eigenvalue weighted by molar-refractivity contribution is 6.04. The van der Waals surface area contributed by atoms with E-state index < -0.39 is 0 Å². The number of hydrogen-bond donors (Lipinski definition) is 2. The number of aromatic nitrogens is 1. The van der Waals surface area contributed by atoms with Crippen molar-refractivity contribution in [3.05, 3.63) is 59.8 Å². The van der Waals surface area contributed by atoms with Crippen LogP contribution in [-0.2, 0) is 0 Å². The number of nitrogens with zero attached hydrogens (tertiary/aromatic N) is 2. The van der Waals surface area contributed by atoms with Crippen molar-refractivity contribution in [2.45, 2.75) is 44.9 Å².